The van der Waals surface area contributed by atoms with Gasteiger partial charge in [0.05, 0.1) is 11.9 Å². The van der Waals surface area contributed by atoms with Crippen molar-refractivity contribution in [3.8, 4) is 0 Å². The van der Waals surface area contributed by atoms with Gasteiger partial charge in [0, 0.05) is 31.1 Å². The van der Waals surface area contributed by atoms with Crippen LogP contribution in [0.25, 0.3) is 0 Å². The van der Waals surface area contributed by atoms with E-state index in [1.165, 1.54) is 4.31 Å². The Kier molecular flexibility index (Phi) is 11.0. The summed E-state index contributed by atoms with van der Waals surface area (Å²) in [6.07, 6.45) is 2.86. The van der Waals surface area contributed by atoms with Crippen LogP contribution in [0.4, 0.5) is 5.69 Å². The predicted molar refractivity (Wildman–Crippen MR) is 142 cm³/mol. The molecular weight excluding hydrogens is 486 g/mol. The lowest BCUT2D eigenvalue weighted by molar-refractivity contribution is -0.141. The Hall–Kier alpha value is -2.58. The van der Waals surface area contributed by atoms with Gasteiger partial charge in [-0.2, -0.15) is 0 Å². The molecule has 1 atom stereocenters. The number of carbonyl (C=O) groups excluding carboxylic acids is 2. The highest BCUT2D eigenvalue weighted by Gasteiger charge is 2.28. The van der Waals surface area contributed by atoms with Crippen LogP contribution in [0.3, 0.4) is 0 Å². The first kappa shape index (κ1) is 28.7. The SMILES string of the molecule is CCCNC(=O)[C@H](CC)N(Cc1ccc(Cl)cc1)C(=O)CCCN(c1ccc(C)cc1)S(C)(=O)=O. The van der Waals surface area contributed by atoms with Gasteiger partial charge in [0.2, 0.25) is 21.8 Å². The van der Waals surface area contributed by atoms with Crippen molar-refractivity contribution in [3.05, 3.63) is 64.7 Å². The van der Waals surface area contributed by atoms with Crippen LogP contribution >= 0.6 is 11.6 Å². The molecule has 0 aliphatic carbocycles. The van der Waals surface area contributed by atoms with E-state index >= 15 is 0 Å². The standard InChI is InChI=1S/C26H36ClN3O4S/c1-5-17-28-26(32)24(6-2)29(19-21-11-13-22(27)14-12-21)25(31)8-7-18-30(35(4,33)34)23-15-9-20(3)10-16-23/h9-16,24H,5-8,17-19H2,1-4H3,(H,28,32)/t24-/m0/s1. The fourth-order valence-electron chi connectivity index (χ4n) is 3.79. The van der Waals surface area contributed by atoms with Crippen LogP contribution in [-0.2, 0) is 26.2 Å². The van der Waals surface area contributed by atoms with Crippen molar-refractivity contribution in [1.82, 2.24) is 10.2 Å². The van der Waals surface area contributed by atoms with E-state index in [0.717, 1.165) is 23.8 Å². The van der Waals surface area contributed by atoms with Crippen molar-refractivity contribution in [3.63, 3.8) is 0 Å². The van der Waals surface area contributed by atoms with Crippen LogP contribution in [0, 0.1) is 6.92 Å². The van der Waals surface area contributed by atoms with E-state index in [1.54, 1.807) is 29.2 Å². The maximum Gasteiger partial charge on any atom is 0.242 e. The number of carbonyl (C=O) groups is 2. The third-order valence-electron chi connectivity index (χ3n) is 5.68. The van der Waals surface area contributed by atoms with Crippen LogP contribution in [0.1, 0.15) is 50.7 Å². The summed E-state index contributed by atoms with van der Waals surface area (Å²) in [6.45, 7) is 6.76. The van der Waals surface area contributed by atoms with Gasteiger partial charge in [-0.05, 0) is 56.0 Å². The number of benzene rings is 2. The van der Waals surface area contributed by atoms with E-state index in [-0.39, 0.29) is 31.3 Å². The summed E-state index contributed by atoms with van der Waals surface area (Å²) in [5.74, 6) is -0.384. The minimum Gasteiger partial charge on any atom is -0.354 e. The average Bonchev–Trinajstić information content (AvgIpc) is 2.81. The molecule has 0 aliphatic rings. The van der Waals surface area contributed by atoms with Gasteiger partial charge in [-0.1, -0.05) is 55.3 Å². The summed E-state index contributed by atoms with van der Waals surface area (Å²) in [5, 5.41) is 3.49. The number of halogens is 1. The van der Waals surface area contributed by atoms with E-state index in [9.17, 15) is 18.0 Å². The number of sulfonamides is 1. The second-order valence-corrected chi connectivity index (χ2v) is 11.0. The van der Waals surface area contributed by atoms with Crippen LogP contribution in [0.15, 0.2) is 48.5 Å². The van der Waals surface area contributed by atoms with Gasteiger partial charge in [0.25, 0.3) is 0 Å². The van der Waals surface area contributed by atoms with Crippen molar-refractivity contribution in [2.24, 2.45) is 0 Å². The van der Waals surface area contributed by atoms with Crippen molar-refractivity contribution < 1.29 is 18.0 Å². The molecular formula is C26H36ClN3O4S. The van der Waals surface area contributed by atoms with Gasteiger partial charge in [-0.15, -0.1) is 0 Å². The number of anilines is 1. The summed E-state index contributed by atoms with van der Waals surface area (Å²) in [5.41, 5.74) is 2.46. The average molecular weight is 522 g/mol. The molecule has 35 heavy (non-hydrogen) atoms. The number of rotatable bonds is 13. The molecule has 0 unspecified atom stereocenters. The van der Waals surface area contributed by atoms with Crippen molar-refractivity contribution in [2.75, 3.05) is 23.7 Å². The van der Waals surface area contributed by atoms with E-state index in [0.29, 0.717) is 30.1 Å². The van der Waals surface area contributed by atoms with Crippen LogP contribution in [0.5, 0.6) is 0 Å². The first-order valence-corrected chi connectivity index (χ1v) is 14.2. The molecule has 9 heteroatoms. The second-order valence-electron chi connectivity index (χ2n) is 8.64. The van der Waals surface area contributed by atoms with Crippen molar-refractivity contribution in [1.29, 1.82) is 0 Å². The molecule has 0 aromatic heterocycles. The van der Waals surface area contributed by atoms with E-state index in [2.05, 4.69) is 5.32 Å². The fourth-order valence-corrected chi connectivity index (χ4v) is 4.88. The minimum atomic E-state index is -3.51. The van der Waals surface area contributed by atoms with E-state index < -0.39 is 16.1 Å². The third-order valence-corrected chi connectivity index (χ3v) is 7.12. The Balaban J connectivity index is 2.18. The van der Waals surface area contributed by atoms with Crippen molar-refractivity contribution in [2.45, 2.75) is 59.0 Å². The molecule has 0 fully saturated rings. The summed E-state index contributed by atoms with van der Waals surface area (Å²) >= 11 is 6.00. The van der Waals surface area contributed by atoms with Crippen LogP contribution in [0.2, 0.25) is 5.02 Å². The molecule has 2 aromatic carbocycles. The zero-order valence-electron chi connectivity index (χ0n) is 21.0. The molecule has 2 rings (SSSR count). The number of nitrogens with one attached hydrogen (secondary N) is 1. The molecule has 0 radical (unpaired) electrons. The lowest BCUT2D eigenvalue weighted by atomic mass is 10.1. The predicted octanol–water partition coefficient (Wildman–Crippen LogP) is 4.53. The van der Waals surface area contributed by atoms with Gasteiger partial charge in [-0.3, -0.25) is 13.9 Å². The van der Waals surface area contributed by atoms with Gasteiger partial charge in [-0.25, -0.2) is 8.42 Å². The number of hydrogen-bond donors (Lipinski definition) is 1. The normalized spacial score (nSPS) is 12.1. The molecule has 0 heterocycles. The molecule has 0 saturated heterocycles. The fraction of sp³-hybridized carbons (Fsp3) is 0.462. The Morgan fingerprint density at radius 2 is 1.66 bits per heavy atom. The highest BCUT2D eigenvalue weighted by atomic mass is 35.5. The van der Waals surface area contributed by atoms with Gasteiger partial charge < -0.3 is 10.2 Å². The third kappa shape index (κ3) is 8.85. The van der Waals surface area contributed by atoms with Crippen LogP contribution < -0.4 is 9.62 Å². The monoisotopic (exact) mass is 521 g/mol. The Labute approximate surface area is 214 Å². The lowest BCUT2D eigenvalue weighted by Gasteiger charge is -2.31. The van der Waals surface area contributed by atoms with Crippen LogP contribution in [-0.4, -0.2) is 50.5 Å². The second kappa shape index (κ2) is 13.5. The summed E-state index contributed by atoms with van der Waals surface area (Å²) in [4.78, 5) is 27.8. The van der Waals surface area contributed by atoms with E-state index in [4.69, 9.17) is 11.6 Å². The highest BCUT2D eigenvalue weighted by Crippen LogP contribution is 2.20. The zero-order valence-corrected chi connectivity index (χ0v) is 22.5. The Morgan fingerprint density at radius 1 is 1.03 bits per heavy atom. The topological polar surface area (TPSA) is 86.8 Å². The Bertz CT molecular complexity index is 1070. The molecule has 0 aliphatic heterocycles. The summed E-state index contributed by atoms with van der Waals surface area (Å²) < 4.78 is 26.1. The number of amides is 2. The minimum absolute atomic E-state index is 0.114. The first-order valence-electron chi connectivity index (χ1n) is 11.9. The maximum absolute atomic E-state index is 13.4. The molecule has 2 aromatic rings. The molecule has 1 N–H and O–H groups in total. The quantitative estimate of drug-likeness (QED) is 0.419. The smallest absolute Gasteiger partial charge is 0.242 e. The van der Waals surface area contributed by atoms with Crippen molar-refractivity contribution >= 4 is 39.1 Å². The molecule has 0 saturated carbocycles. The number of hydrogen-bond acceptors (Lipinski definition) is 4. The first-order chi connectivity index (χ1) is 16.6. The lowest BCUT2D eigenvalue weighted by Crippen LogP contribution is -2.49. The molecule has 0 bridgehead atoms. The largest absolute Gasteiger partial charge is 0.354 e. The molecule has 0 spiro atoms. The van der Waals surface area contributed by atoms with Gasteiger partial charge in [0.1, 0.15) is 6.04 Å². The molecule has 192 valence electrons. The summed E-state index contributed by atoms with van der Waals surface area (Å²) in [6, 6.07) is 13.8. The van der Waals surface area contributed by atoms with E-state index in [1.807, 2.05) is 45.0 Å². The van der Waals surface area contributed by atoms with Gasteiger partial charge in [0.15, 0.2) is 0 Å². The molecule has 7 nitrogen and oxygen atoms in total. The highest BCUT2D eigenvalue weighted by molar-refractivity contribution is 7.92. The molecule has 2 amide bonds. The number of nitrogens with zero attached hydrogens (tertiary/aromatic N) is 2. The maximum atomic E-state index is 13.4. The number of aryl methyl sites for hydroxylation is 1. The zero-order chi connectivity index (χ0) is 26.0. The Morgan fingerprint density at radius 3 is 2.20 bits per heavy atom. The summed E-state index contributed by atoms with van der Waals surface area (Å²) in [7, 11) is -3.51. The van der Waals surface area contributed by atoms with Gasteiger partial charge >= 0.3 is 0 Å².